The normalized spacial score (nSPS) is 18.1. The van der Waals surface area contributed by atoms with Crippen LogP contribution in [0.3, 0.4) is 0 Å². The molecular formula is C10H9MoN5O8PS2-2. The maximum absolute atomic E-state index is 11.9. The van der Waals surface area contributed by atoms with Crippen molar-refractivity contribution in [1.29, 1.82) is 0 Å². The number of fused-ring (bicyclic) bond motifs is 2. The van der Waals surface area contributed by atoms with Gasteiger partial charge in [-0.3, -0.25) is 14.3 Å². The van der Waals surface area contributed by atoms with E-state index < -0.39 is 45.1 Å². The van der Waals surface area contributed by atoms with Gasteiger partial charge in [0.1, 0.15) is 12.4 Å². The molecule has 13 nitrogen and oxygen atoms in total. The van der Waals surface area contributed by atoms with Crippen LogP contribution in [0.1, 0.15) is 0 Å². The number of hydrogen-bond acceptors (Lipinski definition) is 11. The quantitative estimate of drug-likeness (QED) is 0.153. The molecule has 147 valence electrons. The second-order valence-electron chi connectivity index (χ2n) is 4.64. The Kier molecular flexibility index (Phi) is 7.05. The van der Waals surface area contributed by atoms with Crippen molar-refractivity contribution in [2.75, 3.05) is 12.3 Å². The summed E-state index contributed by atoms with van der Waals surface area (Å²) in [4.78, 5) is 43.7. The molecule has 2 aliphatic rings. The Morgan fingerprint density at radius 1 is 1.37 bits per heavy atom. The third-order valence-corrected chi connectivity index (χ3v) is 4.35. The molecule has 0 amide bonds. The summed E-state index contributed by atoms with van der Waals surface area (Å²) in [6.45, 7) is -0.597. The number of H-pyrrole nitrogens is 1. The summed E-state index contributed by atoms with van der Waals surface area (Å²) >= 11 is 8.47. The van der Waals surface area contributed by atoms with E-state index in [4.69, 9.17) is 52.7 Å². The molecule has 0 aromatic carbocycles. The van der Waals surface area contributed by atoms with E-state index in [1.165, 1.54) is 0 Å². The first-order valence-corrected chi connectivity index (χ1v) is 10.6. The summed E-state index contributed by atoms with van der Waals surface area (Å²) in [6, 6.07) is 0. The molecule has 27 heavy (non-hydrogen) atoms. The molecule has 0 radical (unpaired) electrons. The van der Waals surface area contributed by atoms with E-state index in [2.05, 4.69) is 24.5 Å². The first kappa shape index (κ1) is 21.9. The number of phosphoric ester groups is 1. The number of anilines is 1. The Labute approximate surface area is 169 Å². The second kappa shape index (κ2) is 8.71. The van der Waals surface area contributed by atoms with Crippen LogP contribution in [0.15, 0.2) is 36.0 Å². The van der Waals surface area contributed by atoms with Crippen molar-refractivity contribution in [3.05, 3.63) is 42.5 Å². The van der Waals surface area contributed by atoms with Gasteiger partial charge in [0.2, 0.25) is 12.2 Å². The average Bonchev–Trinajstić information content (AvgIpc) is 2.55. The number of aromatic nitrogens is 2. The fourth-order valence-corrected chi connectivity index (χ4v) is 2.69. The van der Waals surface area contributed by atoms with E-state index in [1.807, 2.05) is 0 Å². The van der Waals surface area contributed by atoms with Gasteiger partial charge in [0.05, 0.1) is 5.70 Å². The fraction of sp³-hybridized carbons (Fsp3) is 0.200. The Hall–Kier alpha value is -1.44. The molecule has 0 saturated carbocycles. The number of aromatic amines is 1. The molecule has 1 aromatic heterocycles. The van der Waals surface area contributed by atoms with Gasteiger partial charge in [-0.15, -0.1) is 0 Å². The Morgan fingerprint density at radius 2 is 2.00 bits per heavy atom. The molecule has 1 aromatic rings. The molecule has 0 fully saturated rings. The van der Waals surface area contributed by atoms with Crippen LogP contribution >= 0.6 is 7.82 Å². The van der Waals surface area contributed by atoms with Crippen LogP contribution < -0.4 is 22.1 Å². The molecule has 0 bridgehead atoms. The summed E-state index contributed by atoms with van der Waals surface area (Å²) in [5, 5.41) is -0.0842. The van der Waals surface area contributed by atoms with Crippen LogP contribution in [0.25, 0.3) is 0 Å². The first-order valence-electron chi connectivity index (χ1n) is 6.51. The standard InChI is InChI=1S/C10H10N5O6PS2.Mo.H2O.O/c11-10-14-7-4(8(16)15-10)12-3-6(24)5(23)2(21-9(3)13-7)1-20-22(17,18)19;;;/h9,23-24H,1H2,(H2,17,18,19)(H3,11,13,14,15,16);;1H2;/q;+1;;/p-3/t9-;;;/m1.../s1. The molecular weight excluding hydrogens is 509 g/mol. The molecule has 0 aliphatic carbocycles. The van der Waals surface area contributed by atoms with Crippen molar-refractivity contribution in [2.45, 2.75) is 6.23 Å². The predicted molar refractivity (Wildman–Crippen MR) is 86.1 cm³/mol. The van der Waals surface area contributed by atoms with Gasteiger partial charge in [-0.05, 0) is 0 Å². The SMILES string of the molecule is Nc1nc2c(c(=O)[nH]1)=NC1=C([S-])C([S-])=C(COP(=O)(O)O)O[C@H]1N=2.[O]=[Mo][OH]. The molecule has 0 saturated heterocycles. The second-order valence-corrected chi connectivity index (χ2v) is 7.06. The Bertz CT molecular complexity index is 1070. The van der Waals surface area contributed by atoms with Gasteiger partial charge in [0.15, 0.2) is 10.8 Å². The third-order valence-electron chi connectivity index (χ3n) is 2.91. The van der Waals surface area contributed by atoms with Crippen molar-refractivity contribution in [3.63, 3.8) is 0 Å². The zero-order valence-electron chi connectivity index (χ0n) is 12.8. The molecule has 0 spiro atoms. The van der Waals surface area contributed by atoms with Crippen molar-refractivity contribution in [3.8, 4) is 0 Å². The molecule has 0 unspecified atom stereocenters. The van der Waals surface area contributed by atoms with Crippen LogP contribution in [0.4, 0.5) is 5.95 Å². The van der Waals surface area contributed by atoms with Crippen LogP contribution in [0.5, 0.6) is 0 Å². The summed E-state index contributed by atoms with van der Waals surface area (Å²) in [6.07, 6.45) is -1.07. The van der Waals surface area contributed by atoms with Gasteiger partial charge in [-0.2, -0.15) is 14.8 Å². The fourth-order valence-electron chi connectivity index (χ4n) is 1.93. The Balaban J connectivity index is 0.000000817. The van der Waals surface area contributed by atoms with E-state index in [0.29, 0.717) is 0 Å². The van der Waals surface area contributed by atoms with Crippen molar-refractivity contribution >= 4 is 39.0 Å². The number of nitrogen functional groups attached to an aromatic ring is 1. The zero-order chi connectivity index (χ0) is 20.4. The summed E-state index contributed by atoms with van der Waals surface area (Å²) in [5.41, 5.74) is 4.93. The Morgan fingerprint density at radius 3 is 2.59 bits per heavy atom. The number of hydrogen-bond donors (Lipinski definition) is 5. The topological polar surface area (TPSA) is 210 Å². The van der Waals surface area contributed by atoms with Gasteiger partial charge in [0.25, 0.3) is 5.56 Å². The van der Waals surface area contributed by atoms with E-state index in [1.54, 1.807) is 0 Å². The molecule has 6 N–H and O–H groups in total. The summed E-state index contributed by atoms with van der Waals surface area (Å²) in [5.74, 6) is -0.226. The van der Waals surface area contributed by atoms with Gasteiger partial charge < -0.3 is 45.5 Å². The van der Waals surface area contributed by atoms with Crippen LogP contribution in [0, 0.1) is 0 Å². The minimum atomic E-state index is -4.72. The third kappa shape index (κ3) is 5.30. The number of ether oxygens (including phenoxy) is 1. The van der Waals surface area contributed by atoms with E-state index in [9.17, 15) is 9.36 Å². The molecule has 2 aliphatic heterocycles. The van der Waals surface area contributed by atoms with Crippen molar-refractivity contribution in [2.24, 2.45) is 9.98 Å². The monoisotopic (exact) mass is 520 g/mol. The van der Waals surface area contributed by atoms with Crippen molar-refractivity contribution < 1.29 is 49.7 Å². The molecule has 3 heterocycles. The predicted octanol–water partition coefficient (Wildman–Crippen LogP) is -3.09. The van der Waals surface area contributed by atoms with Crippen LogP contribution in [0.2, 0.25) is 0 Å². The van der Waals surface area contributed by atoms with E-state index in [0.717, 1.165) is 0 Å². The van der Waals surface area contributed by atoms with E-state index in [-0.39, 0.29) is 38.1 Å². The number of phosphoric acid groups is 1. The van der Waals surface area contributed by atoms with Gasteiger partial charge in [-0.25, -0.2) is 14.5 Å². The van der Waals surface area contributed by atoms with Gasteiger partial charge >= 0.3 is 33.9 Å². The summed E-state index contributed by atoms with van der Waals surface area (Å²) < 4.78 is 36.4. The maximum atomic E-state index is 11.9. The minimum absolute atomic E-state index is 0.00747. The van der Waals surface area contributed by atoms with Gasteiger partial charge in [0, 0.05) is 0 Å². The van der Waals surface area contributed by atoms with Crippen molar-refractivity contribution in [1.82, 2.24) is 9.97 Å². The number of nitrogens with two attached hydrogens (primary N) is 1. The summed E-state index contributed by atoms with van der Waals surface area (Å²) in [7, 11) is -4.72. The van der Waals surface area contributed by atoms with Crippen LogP contribution in [-0.2, 0) is 61.4 Å². The van der Waals surface area contributed by atoms with Crippen LogP contribution in [-0.4, -0.2) is 36.3 Å². The number of nitrogens with zero attached hydrogens (tertiary/aromatic N) is 3. The zero-order valence-corrected chi connectivity index (χ0v) is 17.3. The van der Waals surface area contributed by atoms with E-state index >= 15 is 0 Å². The molecule has 1 atom stereocenters. The molecule has 3 rings (SSSR count). The first-order chi connectivity index (χ1) is 12.6. The number of rotatable bonds is 3. The molecule has 17 heteroatoms. The average molecular weight is 518 g/mol. The van der Waals surface area contributed by atoms with Gasteiger partial charge in [-0.1, -0.05) is 0 Å². The number of nitrogens with one attached hydrogen (secondary N) is 1.